The molecule has 6 N–H and O–H groups in total. The van der Waals surface area contributed by atoms with Crippen molar-refractivity contribution in [2.75, 3.05) is 5.75 Å². The van der Waals surface area contributed by atoms with Crippen LogP contribution in [0.5, 0.6) is 0 Å². The molecule has 1 atom stereocenters. The van der Waals surface area contributed by atoms with Crippen LogP contribution in [-0.4, -0.2) is 24.1 Å². The Morgan fingerprint density at radius 3 is 2.00 bits per heavy atom. The van der Waals surface area contributed by atoms with E-state index in [0.717, 1.165) is 5.56 Å². The predicted molar refractivity (Wildman–Crippen MR) is 71.1 cm³/mol. The molecule has 1 saturated heterocycles. The van der Waals surface area contributed by atoms with Crippen molar-refractivity contribution in [3.63, 3.8) is 0 Å². The average Bonchev–Trinajstić information content (AvgIpc) is 2.15. The molecular formula is C10H18N2O3S2. The van der Waals surface area contributed by atoms with Crippen molar-refractivity contribution < 1.29 is 13.0 Å². The Labute approximate surface area is 106 Å². The minimum absolute atomic E-state index is 0. The summed E-state index contributed by atoms with van der Waals surface area (Å²) in [5, 5.41) is 0.481. The predicted octanol–water partition coefficient (Wildman–Crippen LogP) is 1.81. The molecule has 2 rings (SSSR count). The molecule has 98 valence electrons. The molecule has 7 heteroatoms. The van der Waals surface area contributed by atoms with Crippen LogP contribution in [0.15, 0.2) is 29.2 Å². The average molecular weight is 278 g/mol. The van der Waals surface area contributed by atoms with Gasteiger partial charge >= 0.3 is 0 Å². The fourth-order valence-corrected chi connectivity index (χ4v) is 1.95. The zero-order valence-electron chi connectivity index (χ0n) is 9.67. The van der Waals surface area contributed by atoms with Gasteiger partial charge in [-0.25, -0.2) is 0 Å². The number of thioether (sulfide) groups is 1. The first-order chi connectivity index (χ1) is 7.39. The van der Waals surface area contributed by atoms with E-state index < -0.39 is 10.1 Å². The lowest BCUT2D eigenvalue weighted by Crippen LogP contribution is -2.24. The van der Waals surface area contributed by atoms with Crippen LogP contribution in [0.1, 0.15) is 12.0 Å². The zero-order chi connectivity index (χ0) is 12.2. The van der Waals surface area contributed by atoms with E-state index in [1.165, 1.54) is 24.3 Å². The Balaban J connectivity index is 0.000000360. The summed E-state index contributed by atoms with van der Waals surface area (Å²) in [5.41, 5.74) is 6.30. The van der Waals surface area contributed by atoms with Gasteiger partial charge < -0.3 is 11.9 Å². The third kappa shape index (κ3) is 6.04. The number of aryl methyl sites for hydroxylation is 1. The molecule has 0 radical (unpaired) electrons. The lowest BCUT2D eigenvalue weighted by atomic mass is 10.2. The topological polar surface area (TPSA) is 115 Å². The lowest BCUT2D eigenvalue weighted by Gasteiger charge is -2.18. The molecule has 1 heterocycles. The SMILES string of the molecule is Cc1ccc(S(=O)(=O)O)cc1.N.NC1CCS1. The first-order valence-electron chi connectivity index (χ1n) is 4.81. The second kappa shape index (κ2) is 6.97. The summed E-state index contributed by atoms with van der Waals surface area (Å²) < 4.78 is 29.6. The summed E-state index contributed by atoms with van der Waals surface area (Å²) in [7, 11) is -4.02. The van der Waals surface area contributed by atoms with Crippen LogP contribution in [-0.2, 0) is 10.1 Å². The Morgan fingerprint density at radius 1 is 1.35 bits per heavy atom. The van der Waals surface area contributed by atoms with Crippen LogP contribution in [0, 0.1) is 6.92 Å². The molecule has 0 aromatic heterocycles. The van der Waals surface area contributed by atoms with E-state index >= 15 is 0 Å². The quantitative estimate of drug-likeness (QED) is 0.675. The Bertz CT molecular complexity index is 427. The van der Waals surface area contributed by atoms with Gasteiger partial charge in [0.15, 0.2) is 0 Å². The van der Waals surface area contributed by atoms with E-state index in [1.807, 2.05) is 18.7 Å². The molecular weight excluding hydrogens is 260 g/mol. The molecule has 1 aliphatic heterocycles. The molecule has 0 saturated carbocycles. The molecule has 0 aliphatic carbocycles. The Hall–Kier alpha value is -0.600. The van der Waals surface area contributed by atoms with Gasteiger partial charge in [-0.3, -0.25) is 4.55 Å². The van der Waals surface area contributed by atoms with Gasteiger partial charge in [0.1, 0.15) is 0 Å². The smallest absolute Gasteiger partial charge is 0.294 e. The monoisotopic (exact) mass is 278 g/mol. The highest BCUT2D eigenvalue weighted by atomic mass is 32.2. The maximum Gasteiger partial charge on any atom is 0.294 e. The third-order valence-corrected chi connectivity index (χ3v) is 4.06. The van der Waals surface area contributed by atoms with Crippen LogP contribution in [0.4, 0.5) is 0 Å². The number of nitrogens with two attached hydrogens (primary N) is 1. The van der Waals surface area contributed by atoms with Crippen molar-refractivity contribution in [3.05, 3.63) is 29.8 Å². The molecule has 1 fully saturated rings. The van der Waals surface area contributed by atoms with Crippen molar-refractivity contribution in [1.82, 2.24) is 6.15 Å². The van der Waals surface area contributed by atoms with Gasteiger partial charge in [-0.05, 0) is 31.2 Å². The summed E-state index contributed by atoms with van der Waals surface area (Å²) >= 11 is 1.84. The van der Waals surface area contributed by atoms with Crippen LogP contribution in [0.3, 0.4) is 0 Å². The van der Waals surface area contributed by atoms with Crippen molar-refractivity contribution in [3.8, 4) is 0 Å². The van der Waals surface area contributed by atoms with Gasteiger partial charge in [0.2, 0.25) is 0 Å². The largest absolute Gasteiger partial charge is 0.344 e. The number of rotatable bonds is 1. The first kappa shape index (κ1) is 16.4. The van der Waals surface area contributed by atoms with Crippen molar-refractivity contribution in [2.24, 2.45) is 5.73 Å². The maximum absolute atomic E-state index is 10.5. The molecule has 1 aromatic carbocycles. The summed E-state index contributed by atoms with van der Waals surface area (Å²) in [6.45, 7) is 1.84. The van der Waals surface area contributed by atoms with Gasteiger partial charge in [-0.2, -0.15) is 8.42 Å². The molecule has 1 unspecified atom stereocenters. The first-order valence-corrected chi connectivity index (χ1v) is 7.30. The van der Waals surface area contributed by atoms with E-state index in [9.17, 15) is 8.42 Å². The summed E-state index contributed by atoms with van der Waals surface area (Å²) in [6.07, 6.45) is 1.23. The van der Waals surface area contributed by atoms with Crippen LogP contribution < -0.4 is 11.9 Å². The van der Waals surface area contributed by atoms with E-state index in [-0.39, 0.29) is 11.0 Å². The van der Waals surface area contributed by atoms with Crippen LogP contribution >= 0.6 is 11.8 Å². The van der Waals surface area contributed by atoms with Gasteiger partial charge in [0, 0.05) is 0 Å². The summed E-state index contributed by atoms with van der Waals surface area (Å²) in [5.74, 6) is 1.28. The van der Waals surface area contributed by atoms with Crippen LogP contribution in [0.2, 0.25) is 0 Å². The normalized spacial score (nSPS) is 18.2. The molecule has 0 amide bonds. The zero-order valence-corrected chi connectivity index (χ0v) is 11.3. The van der Waals surface area contributed by atoms with Gasteiger partial charge in [-0.1, -0.05) is 17.7 Å². The molecule has 1 aromatic rings. The van der Waals surface area contributed by atoms with E-state index in [1.54, 1.807) is 12.1 Å². The van der Waals surface area contributed by atoms with Crippen molar-refractivity contribution in [1.29, 1.82) is 0 Å². The minimum Gasteiger partial charge on any atom is -0.344 e. The van der Waals surface area contributed by atoms with Gasteiger partial charge in [0.25, 0.3) is 10.1 Å². The Kier molecular flexibility index (Phi) is 6.73. The Morgan fingerprint density at radius 2 is 1.76 bits per heavy atom. The van der Waals surface area contributed by atoms with Crippen LogP contribution in [0.25, 0.3) is 0 Å². The lowest BCUT2D eigenvalue weighted by molar-refractivity contribution is 0.483. The second-order valence-electron chi connectivity index (χ2n) is 3.49. The summed E-state index contributed by atoms with van der Waals surface area (Å²) in [4.78, 5) is -0.0666. The molecule has 5 nitrogen and oxygen atoms in total. The van der Waals surface area contributed by atoms with Crippen molar-refractivity contribution in [2.45, 2.75) is 23.6 Å². The van der Waals surface area contributed by atoms with Gasteiger partial charge in [-0.15, -0.1) is 11.8 Å². The number of hydrogen-bond acceptors (Lipinski definition) is 5. The maximum atomic E-state index is 10.5. The van der Waals surface area contributed by atoms with E-state index in [2.05, 4.69) is 0 Å². The molecule has 0 bridgehead atoms. The number of hydrogen-bond donors (Lipinski definition) is 3. The fraction of sp³-hybridized carbons (Fsp3) is 0.400. The minimum atomic E-state index is -4.02. The highest BCUT2D eigenvalue weighted by Crippen LogP contribution is 2.21. The third-order valence-electron chi connectivity index (χ3n) is 2.05. The van der Waals surface area contributed by atoms with E-state index in [4.69, 9.17) is 10.3 Å². The highest BCUT2D eigenvalue weighted by Gasteiger charge is 2.10. The molecule has 1 aliphatic rings. The van der Waals surface area contributed by atoms with E-state index in [0.29, 0.717) is 5.37 Å². The van der Waals surface area contributed by atoms with Crippen molar-refractivity contribution >= 4 is 21.9 Å². The number of benzene rings is 1. The fourth-order valence-electron chi connectivity index (χ4n) is 0.964. The van der Waals surface area contributed by atoms with Gasteiger partial charge in [0.05, 0.1) is 10.3 Å². The summed E-state index contributed by atoms with van der Waals surface area (Å²) in [6, 6.07) is 5.99. The second-order valence-corrected chi connectivity index (χ2v) is 6.25. The molecule has 0 spiro atoms. The molecule has 17 heavy (non-hydrogen) atoms. The highest BCUT2D eigenvalue weighted by molar-refractivity contribution is 8.01. The standard InChI is InChI=1S/C7H8O3S.C3H7NS.H3N/c1-6-2-4-7(5-3-6)11(8,9)10;4-3-1-2-5-3;/h2-5H,1H3,(H,8,9,10);3H,1-2,4H2;1H3.